The molecule has 0 N–H and O–H groups in total. The van der Waals surface area contributed by atoms with E-state index in [1.807, 2.05) is 24.5 Å². The molecule has 0 aliphatic rings. The molecule has 0 unspecified atom stereocenters. The van der Waals surface area contributed by atoms with E-state index >= 15 is 0 Å². The van der Waals surface area contributed by atoms with Crippen molar-refractivity contribution >= 4 is 0 Å². The van der Waals surface area contributed by atoms with Gasteiger partial charge in [0.05, 0.1) is 0 Å². The first kappa shape index (κ1) is 16.4. The van der Waals surface area contributed by atoms with Crippen molar-refractivity contribution in [2.24, 2.45) is 0 Å². The Bertz CT molecular complexity index is 731. The molecule has 2 heterocycles. The van der Waals surface area contributed by atoms with E-state index in [4.69, 9.17) is 0 Å². The van der Waals surface area contributed by atoms with Crippen molar-refractivity contribution in [2.75, 3.05) is 0 Å². The molecule has 0 aliphatic carbocycles. The molecule has 0 amide bonds. The van der Waals surface area contributed by atoms with Crippen molar-refractivity contribution in [3.63, 3.8) is 0 Å². The molecular weight excluding hydrogens is 292 g/mol. The molecule has 3 aromatic rings. The van der Waals surface area contributed by atoms with E-state index in [1.54, 1.807) is 0 Å². The molecule has 24 heavy (non-hydrogen) atoms. The van der Waals surface area contributed by atoms with Crippen LogP contribution in [0.25, 0.3) is 16.8 Å². The summed E-state index contributed by atoms with van der Waals surface area (Å²) in [6.45, 7) is 2.26. The Morgan fingerprint density at radius 1 is 0.750 bits per heavy atom. The van der Waals surface area contributed by atoms with E-state index < -0.39 is 0 Å². The Kier molecular flexibility index (Phi) is 5.73. The van der Waals surface area contributed by atoms with Crippen LogP contribution in [0.4, 0.5) is 0 Å². The minimum absolute atomic E-state index is 1.19. The highest BCUT2D eigenvalue weighted by molar-refractivity contribution is 5.61. The fourth-order valence-electron chi connectivity index (χ4n) is 2.93. The molecule has 0 saturated heterocycles. The van der Waals surface area contributed by atoms with Crippen LogP contribution in [0.3, 0.4) is 0 Å². The standard InChI is InChI=1S/C22H25N2/c1-2-3-4-5-6-19-7-9-22(10-8-19)24-17-13-21(14-18-24)20-11-15-23-16-12-20/h7-18H,2-6H2,1H3/q+1. The molecule has 0 radical (unpaired) electrons. The van der Waals surface area contributed by atoms with Gasteiger partial charge in [-0.15, -0.1) is 0 Å². The van der Waals surface area contributed by atoms with Gasteiger partial charge < -0.3 is 0 Å². The van der Waals surface area contributed by atoms with Crippen LogP contribution in [0, 0.1) is 0 Å². The average Bonchev–Trinajstić information content (AvgIpc) is 2.67. The Morgan fingerprint density at radius 3 is 2.08 bits per heavy atom. The average molecular weight is 317 g/mol. The minimum Gasteiger partial charge on any atom is -0.265 e. The van der Waals surface area contributed by atoms with Crippen LogP contribution in [-0.4, -0.2) is 4.98 Å². The lowest BCUT2D eigenvalue weighted by Crippen LogP contribution is -2.29. The largest absolute Gasteiger partial charge is 0.265 e. The lowest BCUT2D eigenvalue weighted by molar-refractivity contribution is -0.595. The summed E-state index contributed by atoms with van der Waals surface area (Å²) in [7, 11) is 0. The first-order chi connectivity index (χ1) is 11.9. The molecule has 0 fully saturated rings. The van der Waals surface area contributed by atoms with Crippen LogP contribution >= 0.6 is 0 Å². The van der Waals surface area contributed by atoms with Crippen molar-refractivity contribution in [2.45, 2.75) is 39.0 Å². The van der Waals surface area contributed by atoms with Crippen molar-refractivity contribution in [1.82, 2.24) is 4.98 Å². The first-order valence-electron chi connectivity index (χ1n) is 8.88. The van der Waals surface area contributed by atoms with Crippen LogP contribution in [0.1, 0.15) is 38.2 Å². The topological polar surface area (TPSA) is 16.8 Å². The van der Waals surface area contributed by atoms with E-state index in [1.165, 1.54) is 54.5 Å². The lowest BCUT2D eigenvalue weighted by atomic mass is 10.1. The van der Waals surface area contributed by atoms with Crippen LogP contribution < -0.4 is 4.57 Å². The third-order valence-electron chi connectivity index (χ3n) is 4.40. The van der Waals surface area contributed by atoms with E-state index in [-0.39, 0.29) is 0 Å². The zero-order valence-corrected chi connectivity index (χ0v) is 14.4. The zero-order valence-electron chi connectivity index (χ0n) is 14.4. The summed E-state index contributed by atoms with van der Waals surface area (Å²) in [5.41, 5.74) is 5.04. The van der Waals surface area contributed by atoms with Crippen molar-refractivity contribution in [3.05, 3.63) is 78.9 Å². The van der Waals surface area contributed by atoms with E-state index in [2.05, 4.69) is 65.3 Å². The predicted molar refractivity (Wildman–Crippen MR) is 99.1 cm³/mol. The maximum Gasteiger partial charge on any atom is 0.210 e. The molecule has 2 nitrogen and oxygen atoms in total. The third kappa shape index (κ3) is 4.29. The number of rotatable bonds is 7. The Morgan fingerprint density at radius 2 is 1.42 bits per heavy atom. The zero-order chi connectivity index (χ0) is 16.6. The Hall–Kier alpha value is -2.48. The SMILES string of the molecule is CCCCCCc1ccc(-[n+]2ccc(-c3ccncc3)cc2)cc1. The second kappa shape index (κ2) is 8.39. The van der Waals surface area contributed by atoms with Gasteiger partial charge in [-0.1, -0.05) is 38.3 Å². The molecule has 1 aromatic carbocycles. The Balaban J connectivity index is 1.66. The molecule has 2 aromatic heterocycles. The molecule has 2 heteroatoms. The van der Waals surface area contributed by atoms with Crippen molar-refractivity contribution in [1.29, 1.82) is 0 Å². The fourth-order valence-corrected chi connectivity index (χ4v) is 2.93. The van der Waals surface area contributed by atoms with Crippen molar-refractivity contribution < 1.29 is 4.57 Å². The van der Waals surface area contributed by atoms with Gasteiger partial charge in [0.15, 0.2) is 12.4 Å². The normalized spacial score (nSPS) is 10.7. The summed E-state index contributed by atoms with van der Waals surface area (Å²) in [6.07, 6.45) is 14.3. The van der Waals surface area contributed by atoms with E-state index in [0.717, 1.165) is 0 Å². The van der Waals surface area contributed by atoms with Gasteiger partial charge in [0, 0.05) is 36.7 Å². The van der Waals surface area contributed by atoms with Crippen LogP contribution in [0.15, 0.2) is 73.3 Å². The van der Waals surface area contributed by atoms with Gasteiger partial charge >= 0.3 is 0 Å². The van der Waals surface area contributed by atoms with Gasteiger partial charge in [0.1, 0.15) is 0 Å². The van der Waals surface area contributed by atoms with E-state index in [9.17, 15) is 0 Å². The minimum atomic E-state index is 1.19. The lowest BCUT2D eigenvalue weighted by Gasteiger charge is -2.03. The number of unbranched alkanes of at least 4 members (excludes halogenated alkanes) is 3. The van der Waals surface area contributed by atoms with Crippen molar-refractivity contribution in [3.8, 4) is 16.8 Å². The van der Waals surface area contributed by atoms with E-state index in [0.29, 0.717) is 0 Å². The molecule has 0 spiro atoms. The predicted octanol–water partition coefficient (Wildman–Crippen LogP) is 5.15. The monoisotopic (exact) mass is 317 g/mol. The molecule has 0 bridgehead atoms. The highest BCUT2D eigenvalue weighted by Gasteiger charge is 2.06. The molecule has 122 valence electrons. The van der Waals surface area contributed by atoms with Crippen LogP contribution in [0.5, 0.6) is 0 Å². The highest BCUT2D eigenvalue weighted by atomic mass is 14.9. The van der Waals surface area contributed by atoms with Gasteiger partial charge in [-0.3, -0.25) is 4.98 Å². The summed E-state index contributed by atoms with van der Waals surface area (Å²) in [4.78, 5) is 4.07. The maximum atomic E-state index is 4.07. The van der Waals surface area contributed by atoms with Gasteiger partial charge in [0.25, 0.3) is 0 Å². The quantitative estimate of drug-likeness (QED) is 0.435. The summed E-state index contributed by atoms with van der Waals surface area (Å²) < 4.78 is 2.16. The molecule has 0 aliphatic heterocycles. The number of benzene rings is 1. The number of hydrogen-bond donors (Lipinski definition) is 0. The molecule has 0 atom stereocenters. The Labute approximate surface area is 144 Å². The van der Waals surface area contributed by atoms with Gasteiger partial charge in [-0.05, 0) is 41.7 Å². The number of hydrogen-bond acceptors (Lipinski definition) is 1. The first-order valence-corrected chi connectivity index (χ1v) is 8.88. The third-order valence-corrected chi connectivity index (χ3v) is 4.40. The molecule has 0 saturated carbocycles. The highest BCUT2D eigenvalue weighted by Crippen LogP contribution is 2.16. The van der Waals surface area contributed by atoms with Crippen LogP contribution in [-0.2, 0) is 6.42 Å². The maximum absolute atomic E-state index is 4.07. The summed E-state index contributed by atoms with van der Waals surface area (Å²) >= 11 is 0. The number of aryl methyl sites for hydroxylation is 1. The molecule has 3 rings (SSSR count). The molecular formula is C22H25N2+. The van der Waals surface area contributed by atoms with Crippen LogP contribution in [0.2, 0.25) is 0 Å². The van der Waals surface area contributed by atoms with Gasteiger partial charge in [-0.25, -0.2) is 0 Å². The van der Waals surface area contributed by atoms with Gasteiger partial charge in [0.2, 0.25) is 5.69 Å². The summed E-state index contributed by atoms with van der Waals surface area (Å²) in [5, 5.41) is 0. The summed E-state index contributed by atoms with van der Waals surface area (Å²) in [5.74, 6) is 0. The number of pyridine rings is 2. The number of aromatic nitrogens is 2. The fraction of sp³-hybridized carbons (Fsp3) is 0.273. The van der Waals surface area contributed by atoms with Gasteiger partial charge in [-0.2, -0.15) is 4.57 Å². The second-order valence-electron chi connectivity index (χ2n) is 6.21. The number of nitrogens with zero attached hydrogens (tertiary/aromatic N) is 2. The second-order valence-corrected chi connectivity index (χ2v) is 6.21. The smallest absolute Gasteiger partial charge is 0.210 e. The summed E-state index contributed by atoms with van der Waals surface area (Å²) in [6, 6.07) is 17.3.